The normalized spacial score (nSPS) is 17.3. The Morgan fingerprint density at radius 1 is 1.48 bits per heavy atom. The quantitative estimate of drug-likeness (QED) is 0.844. The summed E-state index contributed by atoms with van der Waals surface area (Å²) in [5.41, 5.74) is 3.64. The summed E-state index contributed by atoms with van der Waals surface area (Å²) in [6.07, 6.45) is 3.66. The van der Waals surface area contributed by atoms with E-state index in [0.717, 1.165) is 33.8 Å². The number of aryl methyl sites for hydroxylation is 2. The molecule has 0 saturated carbocycles. The van der Waals surface area contributed by atoms with Crippen LogP contribution in [-0.2, 0) is 17.6 Å². The van der Waals surface area contributed by atoms with E-state index in [9.17, 15) is 4.79 Å². The van der Waals surface area contributed by atoms with Gasteiger partial charge in [0.15, 0.2) is 3.95 Å². The Morgan fingerprint density at radius 3 is 3.05 bits per heavy atom. The van der Waals surface area contributed by atoms with Crippen molar-refractivity contribution in [2.24, 2.45) is 0 Å². The molecule has 1 amide bonds. The smallest absolute Gasteiger partial charge is 0.225 e. The van der Waals surface area contributed by atoms with Crippen molar-refractivity contribution in [2.45, 2.75) is 38.6 Å². The van der Waals surface area contributed by atoms with Gasteiger partial charge in [-0.3, -0.25) is 4.79 Å². The van der Waals surface area contributed by atoms with E-state index < -0.39 is 0 Å². The second-order valence-corrected chi connectivity index (χ2v) is 7.22. The van der Waals surface area contributed by atoms with Crippen molar-refractivity contribution in [3.05, 3.63) is 49.9 Å². The van der Waals surface area contributed by atoms with Gasteiger partial charge in [0.1, 0.15) is 0 Å². The van der Waals surface area contributed by atoms with Gasteiger partial charge >= 0.3 is 0 Å². The monoisotopic (exact) mass is 318 g/mol. The van der Waals surface area contributed by atoms with Crippen LogP contribution in [0.4, 0.5) is 0 Å². The zero-order valence-electron chi connectivity index (χ0n) is 11.9. The second kappa shape index (κ2) is 6.12. The number of thiazole rings is 1. The molecule has 1 aliphatic rings. The highest BCUT2D eigenvalue weighted by atomic mass is 32.1. The average Bonchev–Trinajstić information content (AvgIpc) is 2.77. The van der Waals surface area contributed by atoms with Gasteiger partial charge < -0.3 is 10.3 Å². The molecule has 2 aromatic rings. The summed E-state index contributed by atoms with van der Waals surface area (Å²) in [6, 6.07) is 8.56. The fourth-order valence-corrected chi connectivity index (χ4v) is 4.19. The fraction of sp³-hybridized carbons (Fsp3) is 0.375. The van der Waals surface area contributed by atoms with E-state index in [1.165, 1.54) is 22.5 Å². The van der Waals surface area contributed by atoms with Gasteiger partial charge in [0.2, 0.25) is 5.91 Å². The molecular formula is C16H18N2OS2. The Labute approximate surface area is 133 Å². The molecule has 1 aromatic carbocycles. The van der Waals surface area contributed by atoms with Gasteiger partial charge in [0.05, 0.1) is 12.5 Å². The molecule has 3 nitrogen and oxygen atoms in total. The van der Waals surface area contributed by atoms with Gasteiger partial charge in [-0.15, -0.1) is 11.3 Å². The van der Waals surface area contributed by atoms with Crippen LogP contribution < -0.4 is 5.32 Å². The second-order valence-electron chi connectivity index (χ2n) is 5.45. The largest absolute Gasteiger partial charge is 0.349 e. The Kier molecular flexibility index (Phi) is 4.22. The van der Waals surface area contributed by atoms with Gasteiger partial charge in [0.25, 0.3) is 0 Å². The molecule has 0 radical (unpaired) electrons. The zero-order chi connectivity index (χ0) is 14.8. The Morgan fingerprint density at radius 2 is 2.29 bits per heavy atom. The number of fused-ring (bicyclic) bond motifs is 1. The summed E-state index contributed by atoms with van der Waals surface area (Å²) in [5, 5.41) is 3.18. The molecule has 0 spiro atoms. The number of carbonyl (C=O) groups excluding carboxylic acids is 1. The van der Waals surface area contributed by atoms with Crippen molar-refractivity contribution >= 4 is 29.5 Å². The van der Waals surface area contributed by atoms with Gasteiger partial charge in [0, 0.05) is 10.6 Å². The zero-order valence-corrected chi connectivity index (χ0v) is 13.6. The molecule has 2 N–H and O–H groups in total. The van der Waals surface area contributed by atoms with Crippen molar-refractivity contribution < 1.29 is 4.79 Å². The number of H-pyrrole nitrogens is 1. The number of nitrogens with one attached hydrogen (secondary N) is 2. The van der Waals surface area contributed by atoms with Gasteiger partial charge in [-0.2, -0.15) is 0 Å². The highest BCUT2D eigenvalue weighted by Gasteiger charge is 2.21. The minimum Gasteiger partial charge on any atom is -0.349 e. The van der Waals surface area contributed by atoms with Crippen molar-refractivity contribution in [3.8, 4) is 0 Å². The predicted octanol–water partition coefficient (Wildman–Crippen LogP) is 3.85. The highest BCUT2D eigenvalue weighted by Crippen LogP contribution is 2.29. The number of benzene rings is 1. The first kappa shape index (κ1) is 14.5. The van der Waals surface area contributed by atoms with E-state index in [0.29, 0.717) is 6.42 Å². The third-order valence-corrected chi connectivity index (χ3v) is 5.29. The summed E-state index contributed by atoms with van der Waals surface area (Å²) >= 11 is 6.61. The average molecular weight is 318 g/mol. The Bertz CT molecular complexity index is 717. The third-order valence-electron chi connectivity index (χ3n) is 3.95. The van der Waals surface area contributed by atoms with E-state index in [2.05, 4.69) is 28.5 Å². The highest BCUT2D eigenvalue weighted by molar-refractivity contribution is 7.73. The third kappa shape index (κ3) is 3.24. The molecule has 0 unspecified atom stereocenters. The molecule has 0 bridgehead atoms. The lowest BCUT2D eigenvalue weighted by atomic mass is 9.87. The van der Waals surface area contributed by atoms with Crippen LogP contribution in [0.1, 0.15) is 40.6 Å². The van der Waals surface area contributed by atoms with E-state index in [4.69, 9.17) is 12.2 Å². The SMILES string of the molecule is Cc1[nH]c(=S)sc1CC(=O)N[C@H]1CCCc2ccccc21. The molecule has 1 heterocycles. The van der Waals surface area contributed by atoms with E-state index in [-0.39, 0.29) is 11.9 Å². The van der Waals surface area contributed by atoms with Crippen LogP contribution in [0.5, 0.6) is 0 Å². The van der Waals surface area contributed by atoms with Crippen LogP contribution in [0.2, 0.25) is 0 Å². The van der Waals surface area contributed by atoms with Crippen molar-refractivity contribution in [2.75, 3.05) is 0 Å². The Hall–Kier alpha value is -1.46. The number of rotatable bonds is 3. The van der Waals surface area contributed by atoms with E-state index >= 15 is 0 Å². The van der Waals surface area contributed by atoms with Gasteiger partial charge in [-0.05, 0) is 49.5 Å². The minimum absolute atomic E-state index is 0.0741. The van der Waals surface area contributed by atoms with Crippen LogP contribution >= 0.6 is 23.6 Å². The maximum absolute atomic E-state index is 12.3. The number of amides is 1. The first-order chi connectivity index (χ1) is 10.1. The molecule has 21 heavy (non-hydrogen) atoms. The number of aromatic amines is 1. The number of aromatic nitrogens is 1. The van der Waals surface area contributed by atoms with Crippen molar-refractivity contribution in [1.29, 1.82) is 0 Å². The van der Waals surface area contributed by atoms with Crippen LogP contribution in [0.3, 0.4) is 0 Å². The summed E-state index contributed by atoms with van der Waals surface area (Å²) in [6.45, 7) is 1.96. The standard InChI is InChI=1S/C16H18N2OS2/c1-10-14(21-16(20)17-10)9-15(19)18-13-8-4-6-11-5-2-3-7-12(11)13/h2-3,5,7,13H,4,6,8-9H2,1H3,(H,17,20)(H,18,19)/t13-/m0/s1. The molecule has 0 fully saturated rings. The van der Waals surface area contributed by atoms with Gasteiger partial charge in [-0.1, -0.05) is 24.3 Å². The fourth-order valence-electron chi connectivity index (χ4n) is 2.90. The van der Waals surface area contributed by atoms with Gasteiger partial charge in [-0.25, -0.2) is 0 Å². The van der Waals surface area contributed by atoms with Crippen LogP contribution in [0, 0.1) is 10.9 Å². The molecule has 0 aliphatic heterocycles. The molecule has 0 saturated heterocycles. The Balaban J connectivity index is 1.71. The lowest BCUT2D eigenvalue weighted by Crippen LogP contribution is -2.32. The van der Waals surface area contributed by atoms with Crippen LogP contribution in [-0.4, -0.2) is 10.9 Å². The molecule has 110 valence electrons. The summed E-state index contributed by atoms with van der Waals surface area (Å²) in [7, 11) is 0. The molecule has 3 rings (SSSR count). The predicted molar refractivity (Wildman–Crippen MR) is 88.2 cm³/mol. The lowest BCUT2D eigenvalue weighted by molar-refractivity contribution is -0.121. The molecule has 1 aromatic heterocycles. The van der Waals surface area contributed by atoms with Crippen LogP contribution in [0.15, 0.2) is 24.3 Å². The van der Waals surface area contributed by atoms with E-state index in [1.807, 2.05) is 13.0 Å². The maximum atomic E-state index is 12.3. The first-order valence-corrected chi connectivity index (χ1v) is 8.41. The van der Waals surface area contributed by atoms with Crippen molar-refractivity contribution in [1.82, 2.24) is 10.3 Å². The topological polar surface area (TPSA) is 44.9 Å². The molecule has 1 aliphatic carbocycles. The number of carbonyl (C=O) groups is 1. The lowest BCUT2D eigenvalue weighted by Gasteiger charge is -2.26. The summed E-state index contributed by atoms with van der Waals surface area (Å²) in [5.74, 6) is 0.0741. The molecule has 1 atom stereocenters. The maximum Gasteiger partial charge on any atom is 0.225 e. The van der Waals surface area contributed by atoms with Crippen LogP contribution in [0.25, 0.3) is 0 Å². The number of hydrogen-bond donors (Lipinski definition) is 2. The molecule has 5 heteroatoms. The number of hydrogen-bond acceptors (Lipinski definition) is 3. The minimum atomic E-state index is 0.0741. The van der Waals surface area contributed by atoms with Crippen molar-refractivity contribution in [3.63, 3.8) is 0 Å². The molecular weight excluding hydrogens is 300 g/mol. The summed E-state index contributed by atoms with van der Waals surface area (Å²) < 4.78 is 0.735. The van der Waals surface area contributed by atoms with E-state index in [1.54, 1.807) is 0 Å². The first-order valence-electron chi connectivity index (χ1n) is 7.19. The summed E-state index contributed by atoms with van der Waals surface area (Å²) in [4.78, 5) is 16.4.